The molecule has 3 nitrogen and oxygen atoms in total. The lowest BCUT2D eigenvalue weighted by Gasteiger charge is -2.34. The molecule has 1 aliphatic carbocycles. The van der Waals surface area contributed by atoms with Crippen molar-refractivity contribution < 1.29 is 4.79 Å². The van der Waals surface area contributed by atoms with Gasteiger partial charge in [0.2, 0.25) is 5.91 Å². The molecule has 1 rings (SSSR count). The average Bonchev–Trinajstić information content (AvgIpc) is 2.42. The highest BCUT2D eigenvalue weighted by Gasteiger charge is 2.25. The molecule has 3 heteroatoms. The van der Waals surface area contributed by atoms with Crippen LogP contribution in [0.1, 0.15) is 65.7 Å². The van der Waals surface area contributed by atoms with Gasteiger partial charge in [0, 0.05) is 19.5 Å². The number of rotatable bonds is 7. The van der Waals surface area contributed by atoms with Crippen molar-refractivity contribution in [1.82, 2.24) is 4.90 Å². The van der Waals surface area contributed by atoms with E-state index in [0.717, 1.165) is 25.3 Å². The lowest BCUT2D eigenvalue weighted by Crippen LogP contribution is -2.39. The second-order valence-electron chi connectivity index (χ2n) is 7.04. The average molecular weight is 282 g/mol. The molecule has 0 heterocycles. The van der Waals surface area contributed by atoms with E-state index in [4.69, 9.17) is 5.73 Å². The molecule has 0 aromatic rings. The number of hydrogen-bond donors (Lipinski definition) is 1. The third-order valence-corrected chi connectivity index (χ3v) is 5.14. The lowest BCUT2D eigenvalue weighted by molar-refractivity contribution is -0.133. The Morgan fingerprint density at radius 2 is 1.80 bits per heavy atom. The van der Waals surface area contributed by atoms with Gasteiger partial charge in [-0.15, -0.1) is 0 Å². The summed E-state index contributed by atoms with van der Waals surface area (Å²) in [6.45, 7) is 7.51. The van der Waals surface area contributed by atoms with E-state index >= 15 is 0 Å². The first-order valence-electron chi connectivity index (χ1n) is 8.41. The number of carbonyl (C=O) groups is 1. The van der Waals surface area contributed by atoms with Gasteiger partial charge in [-0.1, -0.05) is 20.8 Å². The summed E-state index contributed by atoms with van der Waals surface area (Å²) in [5.41, 5.74) is 5.67. The monoisotopic (exact) mass is 282 g/mol. The maximum absolute atomic E-state index is 12.3. The summed E-state index contributed by atoms with van der Waals surface area (Å²) in [6, 6.07) is 0.478. The molecule has 20 heavy (non-hydrogen) atoms. The largest absolute Gasteiger partial charge is 0.343 e. The fourth-order valence-electron chi connectivity index (χ4n) is 3.34. The number of nitrogens with zero attached hydrogens (tertiary/aromatic N) is 1. The number of nitrogens with two attached hydrogens (primary N) is 1. The normalized spacial score (nSPS) is 24.7. The molecular weight excluding hydrogens is 248 g/mol. The molecule has 0 bridgehead atoms. The number of hydrogen-bond acceptors (Lipinski definition) is 2. The van der Waals surface area contributed by atoms with Crippen molar-refractivity contribution in [2.75, 3.05) is 13.6 Å². The molecule has 0 spiro atoms. The van der Waals surface area contributed by atoms with Crippen LogP contribution in [-0.4, -0.2) is 30.4 Å². The highest BCUT2D eigenvalue weighted by molar-refractivity contribution is 5.76. The van der Waals surface area contributed by atoms with Gasteiger partial charge in [-0.2, -0.15) is 0 Å². The Labute approximate surface area is 125 Å². The molecular formula is C17H34N2O. The molecule has 1 aliphatic rings. The van der Waals surface area contributed by atoms with Gasteiger partial charge in [-0.25, -0.2) is 0 Å². The number of amides is 1. The lowest BCUT2D eigenvalue weighted by atomic mass is 9.86. The molecule has 0 saturated heterocycles. The van der Waals surface area contributed by atoms with Gasteiger partial charge < -0.3 is 10.6 Å². The highest BCUT2D eigenvalue weighted by atomic mass is 16.2. The second-order valence-corrected chi connectivity index (χ2v) is 7.04. The molecule has 0 aromatic carbocycles. The molecule has 1 saturated carbocycles. The summed E-state index contributed by atoms with van der Waals surface area (Å²) in [7, 11) is 2.00. The van der Waals surface area contributed by atoms with Crippen LogP contribution in [0.5, 0.6) is 0 Å². The van der Waals surface area contributed by atoms with Crippen molar-refractivity contribution in [2.24, 2.45) is 23.5 Å². The van der Waals surface area contributed by atoms with Gasteiger partial charge in [0.25, 0.3) is 0 Å². The number of carbonyl (C=O) groups excluding carboxylic acids is 1. The minimum atomic E-state index is 0.326. The van der Waals surface area contributed by atoms with Gasteiger partial charge in [-0.05, 0) is 62.8 Å². The van der Waals surface area contributed by atoms with Crippen molar-refractivity contribution in [1.29, 1.82) is 0 Å². The zero-order chi connectivity index (χ0) is 15.1. The Bertz CT molecular complexity index is 283. The van der Waals surface area contributed by atoms with Crippen LogP contribution in [0.3, 0.4) is 0 Å². The topological polar surface area (TPSA) is 46.3 Å². The molecule has 0 aromatic heterocycles. The fraction of sp³-hybridized carbons (Fsp3) is 0.941. The zero-order valence-electron chi connectivity index (χ0n) is 13.9. The Morgan fingerprint density at radius 3 is 2.30 bits per heavy atom. The summed E-state index contributed by atoms with van der Waals surface area (Å²) in [6.07, 6.45) is 7.61. The van der Waals surface area contributed by atoms with Crippen LogP contribution < -0.4 is 5.73 Å². The van der Waals surface area contributed by atoms with Gasteiger partial charge in [0.1, 0.15) is 0 Å². The van der Waals surface area contributed by atoms with E-state index in [2.05, 4.69) is 20.8 Å². The first-order valence-corrected chi connectivity index (χ1v) is 8.41. The van der Waals surface area contributed by atoms with Crippen LogP contribution >= 0.6 is 0 Å². The Balaban J connectivity index is 2.37. The highest BCUT2D eigenvalue weighted by Crippen LogP contribution is 2.27. The smallest absolute Gasteiger partial charge is 0.222 e. The quantitative estimate of drug-likeness (QED) is 0.777. The molecule has 118 valence electrons. The van der Waals surface area contributed by atoms with Crippen LogP contribution in [0.4, 0.5) is 0 Å². The minimum Gasteiger partial charge on any atom is -0.343 e. The van der Waals surface area contributed by atoms with Crippen LogP contribution in [-0.2, 0) is 4.79 Å². The van der Waals surface area contributed by atoms with E-state index in [1.54, 1.807) is 0 Å². The predicted molar refractivity (Wildman–Crippen MR) is 85.4 cm³/mol. The van der Waals surface area contributed by atoms with Crippen LogP contribution in [0.25, 0.3) is 0 Å². The maximum Gasteiger partial charge on any atom is 0.222 e. The summed E-state index contributed by atoms with van der Waals surface area (Å²) < 4.78 is 0. The summed E-state index contributed by atoms with van der Waals surface area (Å²) in [5, 5.41) is 0. The van der Waals surface area contributed by atoms with Gasteiger partial charge in [0.15, 0.2) is 0 Å². The summed E-state index contributed by atoms with van der Waals surface area (Å²) in [4.78, 5) is 14.4. The Hall–Kier alpha value is -0.570. The molecule has 0 aliphatic heterocycles. The standard InChI is InChI=1S/C17H34N2O/c1-13(2)15(11-12-18)7-10-17(20)19(4)16-8-5-14(3)6-9-16/h13-16H,5-12,18H2,1-4H3. The zero-order valence-corrected chi connectivity index (χ0v) is 13.9. The SMILES string of the molecule is CC1CCC(N(C)C(=O)CCC(CCN)C(C)C)CC1. The minimum absolute atomic E-state index is 0.326. The Morgan fingerprint density at radius 1 is 1.20 bits per heavy atom. The third kappa shape index (κ3) is 5.43. The fourth-order valence-corrected chi connectivity index (χ4v) is 3.34. The molecule has 1 unspecified atom stereocenters. The predicted octanol–water partition coefficient (Wildman–Crippen LogP) is 3.42. The maximum atomic E-state index is 12.3. The van der Waals surface area contributed by atoms with Crippen molar-refractivity contribution >= 4 is 5.91 Å². The first-order chi connectivity index (χ1) is 9.45. The van der Waals surface area contributed by atoms with E-state index in [0.29, 0.717) is 30.2 Å². The van der Waals surface area contributed by atoms with E-state index < -0.39 is 0 Å². The van der Waals surface area contributed by atoms with Crippen LogP contribution in [0.2, 0.25) is 0 Å². The van der Waals surface area contributed by atoms with Crippen LogP contribution in [0.15, 0.2) is 0 Å². The van der Waals surface area contributed by atoms with Crippen molar-refractivity contribution in [2.45, 2.75) is 71.8 Å². The second kappa shape index (κ2) is 8.66. The van der Waals surface area contributed by atoms with Crippen LogP contribution in [0, 0.1) is 17.8 Å². The first kappa shape index (κ1) is 17.5. The summed E-state index contributed by atoms with van der Waals surface area (Å²) in [5.74, 6) is 2.37. The Kier molecular flexibility index (Phi) is 7.57. The van der Waals surface area contributed by atoms with Crippen molar-refractivity contribution in [3.05, 3.63) is 0 Å². The van der Waals surface area contributed by atoms with Crippen molar-refractivity contribution in [3.63, 3.8) is 0 Å². The summed E-state index contributed by atoms with van der Waals surface area (Å²) >= 11 is 0. The van der Waals surface area contributed by atoms with E-state index in [-0.39, 0.29) is 0 Å². The van der Waals surface area contributed by atoms with E-state index in [1.165, 1.54) is 25.7 Å². The van der Waals surface area contributed by atoms with Gasteiger partial charge >= 0.3 is 0 Å². The van der Waals surface area contributed by atoms with Crippen molar-refractivity contribution in [3.8, 4) is 0 Å². The van der Waals surface area contributed by atoms with E-state index in [9.17, 15) is 4.79 Å². The van der Waals surface area contributed by atoms with E-state index in [1.807, 2.05) is 11.9 Å². The third-order valence-electron chi connectivity index (χ3n) is 5.14. The van der Waals surface area contributed by atoms with Gasteiger partial charge in [0.05, 0.1) is 0 Å². The molecule has 1 amide bonds. The molecule has 1 atom stereocenters. The molecule has 0 radical (unpaired) electrons. The molecule has 1 fully saturated rings. The van der Waals surface area contributed by atoms with Gasteiger partial charge in [-0.3, -0.25) is 4.79 Å². The molecule has 2 N–H and O–H groups in total.